The molecule has 0 unspecified atom stereocenters. The summed E-state index contributed by atoms with van der Waals surface area (Å²) in [6, 6.07) is 16.3. The van der Waals surface area contributed by atoms with E-state index in [1.165, 1.54) is 0 Å². The SMILES string of the molecule is Nc1nc(NCc2ccccc2)nc(Nc2ccc(Cl)cc2)c1[N+](=O)[O-]. The lowest BCUT2D eigenvalue weighted by Gasteiger charge is -2.11. The lowest BCUT2D eigenvalue weighted by atomic mass is 10.2. The van der Waals surface area contributed by atoms with Gasteiger partial charge in [0.1, 0.15) is 0 Å². The van der Waals surface area contributed by atoms with E-state index in [0.29, 0.717) is 17.3 Å². The zero-order valence-corrected chi connectivity index (χ0v) is 14.3. The number of anilines is 4. The Bertz CT molecular complexity index is 919. The van der Waals surface area contributed by atoms with Crippen molar-refractivity contribution in [2.75, 3.05) is 16.4 Å². The molecule has 8 nitrogen and oxygen atoms in total. The third-order valence-corrected chi connectivity index (χ3v) is 3.75. The number of halogens is 1. The molecule has 0 aliphatic rings. The summed E-state index contributed by atoms with van der Waals surface area (Å²) in [5.41, 5.74) is 6.99. The molecule has 0 radical (unpaired) electrons. The summed E-state index contributed by atoms with van der Waals surface area (Å²) in [5.74, 6) is -0.0363. The Labute approximate surface area is 154 Å². The number of benzene rings is 2. The summed E-state index contributed by atoms with van der Waals surface area (Å²) in [5, 5.41) is 17.8. The van der Waals surface area contributed by atoms with Crippen LogP contribution in [0.25, 0.3) is 0 Å². The van der Waals surface area contributed by atoms with Gasteiger partial charge in [-0.15, -0.1) is 0 Å². The van der Waals surface area contributed by atoms with Gasteiger partial charge in [-0.05, 0) is 29.8 Å². The van der Waals surface area contributed by atoms with Crippen LogP contribution in [0.2, 0.25) is 5.02 Å². The number of nitrogen functional groups attached to an aromatic ring is 1. The lowest BCUT2D eigenvalue weighted by molar-refractivity contribution is -0.383. The van der Waals surface area contributed by atoms with Gasteiger partial charge in [0.05, 0.1) is 4.92 Å². The van der Waals surface area contributed by atoms with E-state index < -0.39 is 4.92 Å². The van der Waals surface area contributed by atoms with E-state index in [-0.39, 0.29) is 23.3 Å². The Morgan fingerprint density at radius 2 is 1.77 bits per heavy atom. The van der Waals surface area contributed by atoms with Gasteiger partial charge in [0.25, 0.3) is 0 Å². The van der Waals surface area contributed by atoms with Crippen molar-refractivity contribution < 1.29 is 4.92 Å². The maximum absolute atomic E-state index is 11.3. The van der Waals surface area contributed by atoms with Crippen LogP contribution in [-0.4, -0.2) is 14.9 Å². The van der Waals surface area contributed by atoms with Crippen molar-refractivity contribution >= 4 is 40.6 Å². The zero-order valence-electron chi connectivity index (χ0n) is 13.5. The van der Waals surface area contributed by atoms with Gasteiger partial charge < -0.3 is 16.4 Å². The fourth-order valence-corrected chi connectivity index (χ4v) is 2.39. The topological polar surface area (TPSA) is 119 Å². The second-order valence-electron chi connectivity index (χ2n) is 5.36. The highest BCUT2D eigenvalue weighted by Crippen LogP contribution is 2.31. The summed E-state index contributed by atoms with van der Waals surface area (Å²) in [6.45, 7) is 0.457. The van der Waals surface area contributed by atoms with Gasteiger partial charge in [-0.2, -0.15) is 9.97 Å². The van der Waals surface area contributed by atoms with Crippen LogP contribution in [-0.2, 0) is 6.54 Å². The minimum atomic E-state index is -0.617. The Kier molecular flexibility index (Phi) is 5.14. The molecule has 0 fully saturated rings. The van der Waals surface area contributed by atoms with Gasteiger partial charge in [0.2, 0.25) is 17.6 Å². The summed E-state index contributed by atoms with van der Waals surface area (Å²) in [7, 11) is 0. The number of nitrogens with one attached hydrogen (secondary N) is 2. The van der Waals surface area contributed by atoms with Crippen LogP contribution >= 0.6 is 11.6 Å². The quantitative estimate of drug-likeness (QED) is 0.443. The molecule has 1 aromatic heterocycles. The molecule has 0 saturated heterocycles. The molecule has 1 heterocycles. The van der Waals surface area contributed by atoms with Crippen LogP contribution in [0.4, 0.5) is 29.0 Å². The molecule has 0 aliphatic heterocycles. The molecule has 2 aromatic carbocycles. The molecule has 26 heavy (non-hydrogen) atoms. The Morgan fingerprint density at radius 3 is 2.42 bits per heavy atom. The summed E-state index contributed by atoms with van der Waals surface area (Å²) in [6.07, 6.45) is 0. The molecule has 0 saturated carbocycles. The Morgan fingerprint density at radius 1 is 1.08 bits per heavy atom. The second kappa shape index (κ2) is 7.66. The van der Waals surface area contributed by atoms with Gasteiger partial charge in [-0.3, -0.25) is 10.1 Å². The van der Waals surface area contributed by atoms with E-state index in [0.717, 1.165) is 5.56 Å². The molecule has 0 atom stereocenters. The standard InChI is InChI=1S/C17H15ClN6O2/c18-12-6-8-13(9-7-12)21-16-14(24(25)26)15(19)22-17(23-16)20-10-11-4-2-1-3-5-11/h1-9H,10H2,(H4,19,20,21,22,23). The average molecular weight is 371 g/mol. The predicted molar refractivity (Wildman–Crippen MR) is 102 cm³/mol. The predicted octanol–water partition coefficient (Wildman–Crippen LogP) is 3.98. The summed E-state index contributed by atoms with van der Waals surface area (Å²) < 4.78 is 0. The van der Waals surface area contributed by atoms with Crippen molar-refractivity contribution in [2.24, 2.45) is 0 Å². The Balaban J connectivity index is 1.88. The number of hydrogen-bond donors (Lipinski definition) is 3. The third-order valence-electron chi connectivity index (χ3n) is 3.49. The van der Waals surface area contributed by atoms with Crippen molar-refractivity contribution in [3.05, 3.63) is 75.3 Å². The minimum Gasteiger partial charge on any atom is -0.378 e. The first-order chi connectivity index (χ1) is 12.5. The highest BCUT2D eigenvalue weighted by molar-refractivity contribution is 6.30. The maximum atomic E-state index is 11.3. The average Bonchev–Trinajstić information content (AvgIpc) is 2.62. The van der Waals surface area contributed by atoms with Gasteiger partial charge in [0, 0.05) is 17.3 Å². The molecular weight excluding hydrogens is 356 g/mol. The number of rotatable bonds is 6. The Hall–Kier alpha value is -3.39. The van der Waals surface area contributed by atoms with Crippen LogP contribution < -0.4 is 16.4 Å². The van der Waals surface area contributed by atoms with E-state index in [1.807, 2.05) is 30.3 Å². The monoisotopic (exact) mass is 370 g/mol. The van der Waals surface area contributed by atoms with Crippen molar-refractivity contribution in [3.63, 3.8) is 0 Å². The normalized spacial score (nSPS) is 10.3. The number of nitro groups is 1. The number of aromatic nitrogens is 2. The van der Waals surface area contributed by atoms with Gasteiger partial charge in [-0.1, -0.05) is 41.9 Å². The molecular formula is C17H15ClN6O2. The van der Waals surface area contributed by atoms with Gasteiger partial charge in [0.15, 0.2) is 0 Å². The van der Waals surface area contributed by atoms with Crippen LogP contribution in [0, 0.1) is 10.1 Å². The second-order valence-corrected chi connectivity index (χ2v) is 5.79. The first-order valence-electron chi connectivity index (χ1n) is 7.65. The van der Waals surface area contributed by atoms with E-state index in [4.69, 9.17) is 17.3 Å². The van der Waals surface area contributed by atoms with Crippen molar-refractivity contribution in [2.45, 2.75) is 6.54 Å². The molecule has 0 aliphatic carbocycles. The number of nitrogens with zero attached hydrogens (tertiary/aromatic N) is 3. The van der Waals surface area contributed by atoms with Crippen molar-refractivity contribution in [3.8, 4) is 0 Å². The third kappa shape index (κ3) is 4.17. The molecule has 0 amide bonds. The van der Waals surface area contributed by atoms with E-state index in [1.54, 1.807) is 24.3 Å². The first-order valence-corrected chi connectivity index (χ1v) is 8.03. The fourth-order valence-electron chi connectivity index (χ4n) is 2.27. The van der Waals surface area contributed by atoms with Crippen LogP contribution in [0.1, 0.15) is 5.56 Å². The first kappa shape index (κ1) is 17.4. The van der Waals surface area contributed by atoms with Crippen LogP contribution in [0.5, 0.6) is 0 Å². The van der Waals surface area contributed by atoms with Crippen molar-refractivity contribution in [1.29, 1.82) is 0 Å². The van der Waals surface area contributed by atoms with Crippen molar-refractivity contribution in [1.82, 2.24) is 9.97 Å². The molecule has 3 aromatic rings. The van der Waals surface area contributed by atoms with E-state index in [2.05, 4.69) is 20.6 Å². The highest BCUT2D eigenvalue weighted by atomic mass is 35.5. The highest BCUT2D eigenvalue weighted by Gasteiger charge is 2.23. The van der Waals surface area contributed by atoms with Crippen LogP contribution in [0.15, 0.2) is 54.6 Å². The molecule has 0 bridgehead atoms. The van der Waals surface area contributed by atoms with Gasteiger partial charge >= 0.3 is 5.69 Å². The maximum Gasteiger partial charge on any atom is 0.353 e. The van der Waals surface area contributed by atoms with E-state index in [9.17, 15) is 10.1 Å². The summed E-state index contributed by atoms with van der Waals surface area (Å²) in [4.78, 5) is 18.9. The zero-order chi connectivity index (χ0) is 18.5. The number of nitrogens with two attached hydrogens (primary N) is 1. The van der Waals surface area contributed by atoms with E-state index >= 15 is 0 Å². The molecule has 4 N–H and O–H groups in total. The van der Waals surface area contributed by atoms with Crippen LogP contribution in [0.3, 0.4) is 0 Å². The minimum absolute atomic E-state index is 0.000356. The fraction of sp³-hybridized carbons (Fsp3) is 0.0588. The molecule has 9 heteroatoms. The smallest absolute Gasteiger partial charge is 0.353 e. The molecule has 0 spiro atoms. The summed E-state index contributed by atoms with van der Waals surface area (Å²) >= 11 is 5.85. The number of hydrogen-bond acceptors (Lipinski definition) is 7. The van der Waals surface area contributed by atoms with Gasteiger partial charge in [-0.25, -0.2) is 0 Å². The largest absolute Gasteiger partial charge is 0.378 e. The lowest BCUT2D eigenvalue weighted by Crippen LogP contribution is -2.10. The molecule has 3 rings (SSSR count). The molecule has 132 valence electrons.